The third-order valence-electron chi connectivity index (χ3n) is 5.33. The Morgan fingerprint density at radius 1 is 1.04 bits per heavy atom. The number of likely N-dealkylation sites (tertiary alicyclic amines) is 1. The van der Waals surface area contributed by atoms with Crippen molar-refractivity contribution in [3.63, 3.8) is 0 Å². The summed E-state index contributed by atoms with van der Waals surface area (Å²) in [5.41, 5.74) is 2.50. The Labute approximate surface area is 172 Å². The highest BCUT2D eigenvalue weighted by Gasteiger charge is 2.19. The molecule has 1 fully saturated rings. The van der Waals surface area contributed by atoms with Gasteiger partial charge in [-0.15, -0.1) is 10.2 Å². The SMILES string of the molecule is CCn1c(SCC(=O)N2CCCCCC2)nnc1-c1ccc(C(C)(C)C)cc1. The first-order valence-corrected chi connectivity index (χ1v) is 11.3. The van der Waals surface area contributed by atoms with Crippen LogP contribution in [0.5, 0.6) is 0 Å². The molecular formula is C22H32N4OS. The minimum atomic E-state index is 0.131. The van der Waals surface area contributed by atoms with Gasteiger partial charge in [-0.1, -0.05) is 69.6 Å². The molecule has 1 saturated heterocycles. The van der Waals surface area contributed by atoms with Crippen molar-refractivity contribution >= 4 is 17.7 Å². The van der Waals surface area contributed by atoms with Crippen molar-refractivity contribution in [1.29, 1.82) is 0 Å². The second-order valence-corrected chi connectivity index (χ2v) is 9.40. The molecule has 0 spiro atoms. The van der Waals surface area contributed by atoms with Gasteiger partial charge in [-0.25, -0.2) is 0 Å². The third-order valence-corrected chi connectivity index (χ3v) is 6.28. The Morgan fingerprint density at radius 2 is 1.68 bits per heavy atom. The molecule has 0 bridgehead atoms. The number of rotatable bonds is 5. The smallest absolute Gasteiger partial charge is 0.233 e. The number of nitrogens with zero attached hydrogens (tertiary/aromatic N) is 4. The summed E-state index contributed by atoms with van der Waals surface area (Å²) in [4.78, 5) is 14.6. The summed E-state index contributed by atoms with van der Waals surface area (Å²) in [6.45, 7) is 11.3. The molecule has 1 amide bonds. The Balaban J connectivity index is 1.70. The lowest BCUT2D eigenvalue weighted by molar-refractivity contribution is -0.128. The average molecular weight is 401 g/mol. The molecule has 2 aromatic rings. The van der Waals surface area contributed by atoms with Crippen LogP contribution >= 0.6 is 11.8 Å². The maximum Gasteiger partial charge on any atom is 0.233 e. The number of hydrogen-bond donors (Lipinski definition) is 0. The number of carbonyl (C=O) groups excluding carboxylic acids is 1. The summed E-state index contributed by atoms with van der Waals surface area (Å²) >= 11 is 1.50. The van der Waals surface area contributed by atoms with Gasteiger partial charge in [-0.05, 0) is 30.7 Å². The molecule has 1 aliphatic rings. The molecule has 0 atom stereocenters. The van der Waals surface area contributed by atoms with E-state index in [0.29, 0.717) is 5.75 Å². The largest absolute Gasteiger partial charge is 0.342 e. The van der Waals surface area contributed by atoms with Gasteiger partial charge in [-0.2, -0.15) is 0 Å². The van der Waals surface area contributed by atoms with Crippen LogP contribution in [0, 0.1) is 0 Å². The summed E-state index contributed by atoms with van der Waals surface area (Å²) < 4.78 is 2.10. The molecule has 152 valence electrons. The first-order valence-electron chi connectivity index (χ1n) is 10.3. The van der Waals surface area contributed by atoms with Crippen LogP contribution in [0.25, 0.3) is 11.4 Å². The molecule has 6 heteroatoms. The van der Waals surface area contributed by atoms with Gasteiger partial charge in [0.2, 0.25) is 5.91 Å². The summed E-state index contributed by atoms with van der Waals surface area (Å²) in [7, 11) is 0. The summed E-state index contributed by atoms with van der Waals surface area (Å²) in [5, 5.41) is 9.62. The van der Waals surface area contributed by atoms with Gasteiger partial charge in [-0.3, -0.25) is 4.79 Å². The Hall–Kier alpha value is -1.82. The Morgan fingerprint density at radius 3 is 2.25 bits per heavy atom. The van der Waals surface area contributed by atoms with Gasteiger partial charge in [0.05, 0.1) is 5.75 Å². The van der Waals surface area contributed by atoms with Crippen LogP contribution in [0.2, 0.25) is 0 Å². The summed E-state index contributed by atoms with van der Waals surface area (Å²) in [6, 6.07) is 8.57. The number of carbonyl (C=O) groups is 1. The lowest BCUT2D eigenvalue weighted by Crippen LogP contribution is -2.33. The highest BCUT2D eigenvalue weighted by Crippen LogP contribution is 2.28. The van der Waals surface area contributed by atoms with Gasteiger partial charge in [0.25, 0.3) is 0 Å². The van der Waals surface area contributed by atoms with E-state index in [0.717, 1.165) is 49.0 Å². The van der Waals surface area contributed by atoms with Crippen LogP contribution in [0.1, 0.15) is 58.9 Å². The Kier molecular flexibility index (Phi) is 6.81. The first-order chi connectivity index (χ1) is 13.4. The van der Waals surface area contributed by atoms with Gasteiger partial charge in [0.1, 0.15) is 0 Å². The minimum absolute atomic E-state index is 0.131. The Bertz CT molecular complexity index is 784. The maximum atomic E-state index is 12.6. The van der Waals surface area contributed by atoms with E-state index in [1.165, 1.54) is 30.2 Å². The van der Waals surface area contributed by atoms with Crippen molar-refractivity contribution < 1.29 is 4.79 Å². The monoisotopic (exact) mass is 400 g/mol. The zero-order chi connectivity index (χ0) is 20.1. The molecule has 5 nitrogen and oxygen atoms in total. The molecular weight excluding hydrogens is 368 g/mol. The molecule has 0 unspecified atom stereocenters. The lowest BCUT2D eigenvalue weighted by atomic mass is 9.87. The topological polar surface area (TPSA) is 51.0 Å². The van der Waals surface area contributed by atoms with Gasteiger partial charge >= 0.3 is 0 Å². The lowest BCUT2D eigenvalue weighted by Gasteiger charge is -2.20. The summed E-state index contributed by atoms with van der Waals surface area (Å²) in [6.07, 6.45) is 4.71. The van der Waals surface area contributed by atoms with Crippen molar-refractivity contribution in [2.75, 3.05) is 18.8 Å². The predicted molar refractivity (Wildman–Crippen MR) is 116 cm³/mol. The normalized spacial score (nSPS) is 15.5. The maximum absolute atomic E-state index is 12.6. The van der Waals surface area contributed by atoms with E-state index in [9.17, 15) is 4.79 Å². The highest BCUT2D eigenvalue weighted by molar-refractivity contribution is 7.99. The number of hydrogen-bond acceptors (Lipinski definition) is 4. The van der Waals surface area contributed by atoms with E-state index in [-0.39, 0.29) is 11.3 Å². The van der Waals surface area contributed by atoms with Crippen LogP contribution in [0.15, 0.2) is 29.4 Å². The molecule has 1 aromatic carbocycles. The number of aromatic nitrogens is 3. The van der Waals surface area contributed by atoms with Crippen LogP contribution in [0.4, 0.5) is 0 Å². The van der Waals surface area contributed by atoms with Gasteiger partial charge in [0, 0.05) is 25.2 Å². The molecule has 28 heavy (non-hydrogen) atoms. The van der Waals surface area contributed by atoms with Crippen LogP contribution < -0.4 is 0 Å². The van der Waals surface area contributed by atoms with Crippen molar-refractivity contribution in [1.82, 2.24) is 19.7 Å². The van der Waals surface area contributed by atoms with Gasteiger partial charge < -0.3 is 9.47 Å². The van der Waals surface area contributed by atoms with Crippen molar-refractivity contribution in [2.45, 2.75) is 70.5 Å². The zero-order valence-electron chi connectivity index (χ0n) is 17.6. The van der Waals surface area contributed by atoms with Gasteiger partial charge in [0.15, 0.2) is 11.0 Å². The number of amides is 1. The molecule has 3 rings (SSSR count). The van der Waals surface area contributed by atoms with E-state index >= 15 is 0 Å². The van der Waals surface area contributed by atoms with E-state index in [4.69, 9.17) is 0 Å². The standard InChI is InChI=1S/C22H32N4OS/c1-5-26-20(17-10-12-18(13-11-17)22(2,3)4)23-24-21(26)28-16-19(27)25-14-8-6-7-9-15-25/h10-13H,5-9,14-16H2,1-4H3. The second kappa shape index (κ2) is 9.12. The fourth-order valence-corrected chi connectivity index (χ4v) is 4.46. The number of benzene rings is 1. The minimum Gasteiger partial charge on any atom is -0.342 e. The van der Waals surface area contributed by atoms with Crippen molar-refractivity contribution in [2.24, 2.45) is 0 Å². The molecule has 0 N–H and O–H groups in total. The van der Waals surface area contributed by atoms with Crippen molar-refractivity contribution in [3.8, 4) is 11.4 Å². The second-order valence-electron chi connectivity index (χ2n) is 8.46. The average Bonchev–Trinajstić information content (AvgIpc) is 2.88. The van der Waals surface area contributed by atoms with E-state index < -0.39 is 0 Å². The predicted octanol–water partition coefficient (Wildman–Crippen LogP) is 4.76. The molecule has 0 radical (unpaired) electrons. The van der Waals surface area contributed by atoms with Crippen LogP contribution in [-0.2, 0) is 16.8 Å². The molecule has 0 saturated carbocycles. The fourth-order valence-electron chi connectivity index (χ4n) is 3.55. The molecule has 1 aliphatic heterocycles. The molecule has 1 aromatic heterocycles. The fraction of sp³-hybridized carbons (Fsp3) is 0.591. The zero-order valence-corrected chi connectivity index (χ0v) is 18.4. The molecule has 0 aliphatic carbocycles. The molecule has 2 heterocycles. The van der Waals surface area contributed by atoms with E-state index in [1.54, 1.807) is 0 Å². The van der Waals surface area contributed by atoms with Crippen LogP contribution in [-0.4, -0.2) is 44.4 Å². The van der Waals surface area contributed by atoms with E-state index in [2.05, 4.69) is 66.7 Å². The first kappa shape index (κ1) is 20.9. The summed E-state index contributed by atoms with van der Waals surface area (Å²) in [5.74, 6) is 1.52. The number of thioether (sulfide) groups is 1. The van der Waals surface area contributed by atoms with Crippen molar-refractivity contribution in [3.05, 3.63) is 29.8 Å². The highest BCUT2D eigenvalue weighted by atomic mass is 32.2. The quantitative estimate of drug-likeness (QED) is 0.679. The third kappa shape index (κ3) is 4.96. The van der Waals surface area contributed by atoms with Crippen LogP contribution in [0.3, 0.4) is 0 Å². The van der Waals surface area contributed by atoms with E-state index in [1.807, 2.05) is 4.90 Å².